The molecule has 10 heteroatoms. The molecule has 0 aromatic heterocycles. The van der Waals surface area contributed by atoms with Crippen molar-refractivity contribution in [2.45, 2.75) is 13.0 Å². The Morgan fingerprint density at radius 2 is 1.47 bits per heavy atom. The molecule has 188 valence electrons. The van der Waals surface area contributed by atoms with Crippen LogP contribution in [0.2, 0.25) is 0 Å². The summed E-state index contributed by atoms with van der Waals surface area (Å²) >= 11 is 0. The average molecular weight is 498 g/mol. The molecule has 2 N–H and O–H groups in total. The lowest BCUT2D eigenvalue weighted by Gasteiger charge is -2.15. The first-order chi connectivity index (χ1) is 17.2. The number of hydrogen-bond donors (Lipinski definition) is 2. The summed E-state index contributed by atoms with van der Waals surface area (Å²) in [7, 11) is 1.36. The Morgan fingerprint density at radius 1 is 0.833 bits per heavy atom. The second-order valence-electron chi connectivity index (χ2n) is 7.63. The number of hydrogen-bond acceptors (Lipinski definition) is 6. The molecule has 0 bridgehead atoms. The van der Waals surface area contributed by atoms with Gasteiger partial charge in [-0.2, -0.15) is 0 Å². The molecule has 3 rings (SSSR count). The molecule has 8 nitrogen and oxygen atoms in total. The molecule has 1 atom stereocenters. The lowest BCUT2D eigenvalue weighted by atomic mass is 10.1. The zero-order valence-corrected chi connectivity index (χ0v) is 19.5. The van der Waals surface area contributed by atoms with Crippen molar-refractivity contribution in [3.63, 3.8) is 0 Å². The van der Waals surface area contributed by atoms with E-state index in [2.05, 4.69) is 10.6 Å². The molecular formula is C26H24F2N2O6. The van der Waals surface area contributed by atoms with E-state index in [0.29, 0.717) is 11.3 Å². The zero-order valence-electron chi connectivity index (χ0n) is 19.5. The SMILES string of the molecule is COc1cc(C(=O)OCC(=O)N[C@H](C)c2ccc(F)cc2)ccc1OCC(=O)Nc1ccc(F)cc1. The van der Waals surface area contributed by atoms with E-state index in [-0.39, 0.29) is 29.5 Å². The van der Waals surface area contributed by atoms with Crippen molar-refractivity contribution in [3.8, 4) is 11.5 Å². The molecule has 0 unspecified atom stereocenters. The van der Waals surface area contributed by atoms with Gasteiger partial charge < -0.3 is 24.8 Å². The zero-order chi connectivity index (χ0) is 26.1. The number of esters is 1. The fourth-order valence-corrected chi connectivity index (χ4v) is 3.12. The van der Waals surface area contributed by atoms with Gasteiger partial charge in [0.1, 0.15) is 11.6 Å². The number of amides is 2. The maximum atomic E-state index is 13.0. The van der Waals surface area contributed by atoms with Crippen molar-refractivity contribution in [3.05, 3.63) is 89.5 Å². The molecule has 0 aliphatic carbocycles. The molecule has 0 aliphatic heterocycles. The molecule has 0 radical (unpaired) electrons. The van der Waals surface area contributed by atoms with Crippen LogP contribution in [0.1, 0.15) is 28.9 Å². The minimum Gasteiger partial charge on any atom is -0.493 e. The van der Waals surface area contributed by atoms with E-state index < -0.39 is 36.2 Å². The van der Waals surface area contributed by atoms with Crippen LogP contribution in [0, 0.1) is 11.6 Å². The third-order valence-electron chi connectivity index (χ3n) is 4.97. The molecule has 0 heterocycles. The van der Waals surface area contributed by atoms with Crippen LogP contribution in [0.3, 0.4) is 0 Å². The van der Waals surface area contributed by atoms with Crippen LogP contribution >= 0.6 is 0 Å². The molecule has 3 aromatic carbocycles. The minimum absolute atomic E-state index is 0.106. The summed E-state index contributed by atoms with van der Waals surface area (Å²) in [4.78, 5) is 36.6. The number of carbonyl (C=O) groups excluding carboxylic acids is 3. The molecule has 2 amide bonds. The topological polar surface area (TPSA) is 103 Å². The number of nitrogens with one attached hydrogen (secondary N) is 2. The lowest BCUT2D eigenvalue weighted by molar-refractivity contribution is -0.124. The smallest absolute Gasteiger partial charge is 0.338 e. The monoisotopic (exact) mass is 498 g/mol. The van der Waals surface area contributed by atoms with Crippen LogP contribution in [0.5, 0.6) is 11.5 Å². The molecule has 36 heavy (non-hydrogen) atoms. The third kappa shape index (κ3) is 7.52. The lowest BCUT2D eigenvalue weighted by Crippen LogP contribution is -2.31. The quantitative estimate of drug-likeness (QED) is 0.410. The van der Waals surface area contributed by atoms with Crippen LogP contribution in [0.15, 0.2) is 66.7 Å². The van der Waals surface area contributed by atoms with Gasteiger partial charge in [0.15, 0.2) is 24.7 Å². The number of carbonyl (C=O) groups is 3. The van der Waals surface area contributed by atoms with E-state index in [0.717, 1.165) is 0 Å². The highest BCUT2D eigenvalue weighted by Crippen LogP contribution is 2.28. The maximum Gasteiger partial charge on any atom is 0.338 e. The van der Waals surface area contributed by atoms with Gasteiger partial charge in [0.25, 0.3) is 11.8 Å². The molecule has 0 aliphatic rings. The Morgan fingerprint density at radius 3 is 2.11 bits per heavy atom. The van der Waals surface area contributed by atoms with Crippen molar-refractivity contribution in [1.82, 2.24) is 5.32 Å². The Kier molecular flexibility index (Phi) is 8.93. The van der Waals surface area contributed by atoms with Crippen molar-refractivity contribution in [2.24, 2.45) is 0 Å². The summed E-state index contributed by atoms with van der Waals surface area (Å²) in [5, 5.41) is 5.22. The van der Waals surface area contributed by atoms with E-state index in [4.69, 9.17) is 14.2 Å². The van der Waals surface area contributed by atoms with E-state index in [1.54, 1.807) is 19.1 Å². The molecule has 0 fully saturated rings. The first kappa shape index (κ1) is 26.1. The first-order valence-electron chi connectivity index (χ1n) is 10.8. The van der Waals surface area contributed by atoms with Crippen molar-refractivity contribution < 1.29 is 37.4 Å². The van der Waals surface area contributed by atoms with Crippen molar-refractivity contribution in [1.29, 1.82) is 0 Å². The molecule has 0 saturated carbocycles. The summed E-state index contributed by atoms with van der Waals surface area (Å²) < 4.78 is 41.8. The minimum atomic E-state index is -0.765. The standard InChI is InChI=1S/C26H24F2N2O6/c1-16(17-3-6-19(27)7-4-17)29-24(31)15-36-26(33)18-5-12-22(23(13-18)34-2)35-14-25(32)30-21-10-8-20(28)9-11-21/h3-13,16H,14-15H2,1-2H3,(H,29,31)(H,30,32)/t16-/m1/s1. The van der Waals surface area contributed by atoms with Gasteiger partial charge in [0, 0.05) is 5.69 Å². The predicted octanol–water partition coefficient (Wildman–Crippen LogP) is 4.03. The van der Waals surface area contributed by atoms with Crippen LogP contribution < -0.4 is 20.1 Å². The van der Waals surface area contributed by atoms with Crippen LogP contribution in [-0.4, -0.2) is 38.1 Å². The molecule has 0 saturated heterocycles. The Bertz CT molecular complexity index is 1220. The van der Waals surface area contributed by atoms with Gasteiger partial charge in [-0.3, -0.25) is 9.59 Å². The van der Waals surface area contributed by atoms with E-state index in [1.807, 2.05) is 0 Å². The summed E-state index contributed by atoms with van der Waals surface area (Å²) in [6.07, 6.45) is 0. The number of anilines is 1. The van der Waals surface area contributed by atoms with Gasteiger partial charge in [0.05, 0.1) is 18.7 Å². The fraction of sp³-hybridized carbons (Fsp3) is 0.192. The summed E-state index contributed by atoms with van der Waals surface area (Å²) in [6, 6.07) is 14.7. The van der Waals surface area contributed by atoms with Crippen LogP contribution in [0.4, 0.5) is 14.5 Å². The van der Waals surface area contributed by atoms with Gasteiger partial charge in [-0.1, -0.05) is 12.1 Å². The Balaban J connectivity index is 1.50. The summed E-state index contributed by atoms with van der Waals surface area (Å²) in [5.41, 5.74) is 1.21. The number of halogens is 2. The number of rotatable bonds is 10. The van der Waals surface area contributed by atoms with Crippen LogP contribution in [0.25, 0.3) is 0 Å². The van der Waals surface area contributed by atoms with Gasteiger partial charge in [0.2, 0.25) is 0 Å². The number of ether oxygens (including phenoxy) is 3. The second-order valence-corrected chi connectivity index (χ2v) is 7.63. The highest BCUT2D eigenvalue weighted by atomic mass is 19.1. The van der Waals surface area contributed by atoms with Gasteiger partial charge in [-0.25, -0.2) is 13.6 Å². The van der Waals surface area contributed by atoms with E-state index in [1.165, 1.54) is 61.7 Å². The predicted molar refractivity (Wildman–Crippen MR) is 127 cm³/mol. The largest absolute Gasteiger partial charge is 0.493 e. The fourth-order valence-electron chi connectivity index (χ4n) is 3.12. The average Bonchev–Trinajstić information content (AvgIpc) is 2.87. The normalized spacial score (nSPS) is 11.2. The second kappa shape index (κ2) is 12.3. The number of benzene rings is 3. The van der Waals surface area contributed by atoms with Crippen molar-refractivity contribution >= 4 is 23.5 Å². The summed E-state index contributed by atoms with van der Waals surface area (Å²) in [5.74, 6) is -2.20. The summed E-state index contributed by atoms with van der Waals surface area (Å²) in [6.45, 7) is 0.842. The highest BCUT2D eigenvalue weighted by molar-refractivity contribution is 5.93. The Labute approximate surface area is 206 Å². The van der Waals surface area contributed by atoms with Crippen LogP contribution in [-0.2, 0) is 14.3 Å². The molecule has 3 aromatic rings. The molecule has 0 spiro atoms. The maximum absolute atomic E-state index is 13.0. The Hall–Kier alpha value is -4.47. The van der Waals surface area contributed by atoms with Crippen molar-refractivity contribution in [2.75, 3.05) is 25.6 Å². The third-order valence-corrected chi connectivity index (χ3v) is 4.97. The van der Waals surface area contributed by atoms with Gasteiger partial charge in [-0.15, -0.1) is 0 Å². The highest BCUT2D eigenvalue weighted by Gasteiger charge is 2.16. The van der Waals surface area contributed by atoms with Gasteiger partial charge >= 0.3 is 5.97 Å². The van der Waals surface area contributed by atoms with E-state index in [9.17, 15) is 23.2 Å². The number of methoxy groups -OCH3 is 1. The van der Waals surface area contributed by atoms with E-state index >= 15 is 0 Å². The first-order valence-corrected chi connectivity index (χ1v) is 10.8. The van der Waals surface area contributed by atoms with Gasteiger partial charge in [-0.05, 0) is 67.1 Å². The molecular weight excluding hydrogens is 474 g/mol.